The van der Waals surface area contributed by atoms with Crippen LogP contribution in [0.15, 0.2) is 30.5 Å². The standard InChI is InChI=1S/C28H29ClN4O3S/c1-14-10-15(29)11-19(21(14)25(34)32-16-4-7-30-8-5-16)18-6-9-31-20-12-17(37-24(18)20)13-33-26(35)22-23(27(33)36)28(22,2)3/h6,9-12,16,22-23,30H,4-5,7-8,13H2,1-3H3,(H,32,34). The Balaban J connectivity index is 1.35. The summed E-state index contributed by atoms with van der Waals surface area (Å²) in [4.78, 5) is 46.1. The van der Waals surface area contributed by atoms with Crippen molar-refractivity contribution in [2.24, 2.45) is 17.3 Å². The molecule has 192 valence electrons. The van der Waals surface area contributed by atoms with E-state index in [1.807, 2.05) is 45.0 Å². The van der Waals surface area contributed by atoms with E-state index in [-0.39, 0.29) is 47.6 Å². The molecular formula is C28H29ClN4O3S. The Morgan fingerprint density at radius 1 is 1.16 bits per heavy atom. The first kappa shape index (κ1) is 24.5. The fourth-order valence-corrected chi connectivity index (χ4v) is 7.48. The number of aromatic nitrogens is 1. The van der Waals surface area contributed by atoms with E-state index in [9.17, 15) is 14.4 Å². The number of hydrogen-bond donors (Lipinski definition) is 2. The lowest BCUT2D eigenvalue weighted by Gasteiger charge is -2.25. The predicted octanol–water partition coefficient (Wildman–Crippen LogP) is 4.55. The summed E-state index contributed by atoms with van der Waals surface area (Å²) in [5.74, 6) is -0.647. The molecule has 6 rings (SSSR count). The van der Waals surface area contributed by atoms with Gasteiger partial charge in [0.15, 0.2) is 0 Å². The molecule has 9 heteroatoms. The smallest absolute Gasteiger partial charge is 0.252 e. The summed E-state index contributed by atoms with van der Waals surface area (Å²) in [6.45, 7) is 7.90. The van der Waals surface area contributed by atoms with Gasteiger partial charge >= 0.3 is 0 Å². The average Bonchev–Trinajstić information content (AvgIpc) is 3.10. The van der Waals surface area contributed by atoms with Crippen molar-refractivity contribution in [2.45, 2.75) is 46.2 Å². The highest BCUT2D eigenvalue weighted by Crippen LogP contribution is 2.63. The van der Waals surface area contributed by atoms with Gasteiger partial charge in [-0.1, -0.05) is 25.4 Å². The van der Waals surface area contributed by atoms with E-state index < -0.39 is 0 Å². The molecule has 3 aliphatic rings. The first-order chi connectivity index (χ1) is 17.7. The molecule has 2 saturated heterocycles. The molecule has 0 radical (unpaired) electrons. The molecule has 2 atom stereocenters. The maximum atomic E-state index is 13.5. The lowest BCUT2D eigenvalue weighted by Crippen LogP contribution is -2.43. The van der Waals surface area contributed by atoms with Crippen LogP contribution in [0.25, 0.3) is 21.3 Å². The average molecular weight is 537 g/mol. The fourth-order valence-electron chi connectivity index (χ4n) is 6.07. The Morgan fingerprint density at radius 2 is 1.86 bits per heavy atom. The number of thiophene rings is 1. The SMILES string of the molecule is Cc1cc(Cl)cc(-c2ccnc3cc(CN4C(=O)C5C(C4=O)C5(C)C)sc23)c1C(=O)NC1CCNCC1. The molecule has 2 unspecified atom stereocenters. The van der Waals surface area contributed by atoms with Crippen molar-refractivity contribution in [2.75, 3.05) is 13.1 Å². The number of aryl methyl sites for hydroxylation is 1. The highest BCUT2D eigenvalue weighted by Gasteiger charge is 2.72. The van der Waals surface area contributed by atoms with Crippen molar-refractivity contribution in [3.63, 3.8) is 0 Å². The molecule has 7 nitrogen and oxygen atoms in total. The third-order valence-corrected chi connectivity index (χ3v) is 9.52. The number of imide groups is 1. The number of pyridine rings is 1. The first-order valence-electron chi connectivity index (χ1n) is 12.7. The van der Waals surface area contributed by atoms with Crippen LogP contribution in [0.2, 0.25) is 5.02 Å². The van der Waals surface area contributed by atoms with Crippen molar-refractivity contribution < 1.29 is 14.4 Å². The van der Waals surface area contributed by atoms with Crippen LogP contribution in [0, 0.1) is 24.2 Å². The topological polar surface area (TPSA) is 91.4 Å². The first-order valence-corrected chi connectivity index (χ1v) is 13.9. The molecule has 3 aromatic rings. The minimum Gasteiger partial charge on any atom is -0.349 e. The maximum absolute atomic E-state index is 13.5. The number of fused-ring (bicyclic) bond motifs is 2. The van der Waals surface area contributed by atoms with Gasteiger partial charge in [0.25, 0.3) is 5.91 Å². The van der Waals surface area contributed by atoms with E-state index in [0.29, 0.717) is 10.6 Å². The van der Waals surface area contributed by atoms with Gasteiger partial charge in [0.05, 0.1) is 34.2 Å². The van der Waals surface area contributed by atoms with Crippen LogP contribution in [-0.2, 0) is 16.1 Å². The number of carbonyl (C=O) groups is 3. The van der Waals surface area contributed by atoms with Gasteiger partial charge in [-0.25, -0.2) is 0 Å². The van der Waals surface area contributed by atoms with E-state index in [2.05, 4.69) is 15.6 Å². The minimum absolute atomic E-state index is 0.0759. The van der Waals surface area contributed by atoms with Crippen LogP contribution in [0.3, 0.4) is 0 Å². The number of piperidine rings is 2. The summed E-state index contributed by atoms with van der Waals surface area (Å²) < 4.78 is 0.902. The van der Waals surface area contributed by atoms with Crippen LogP contribution in [0.4, 0.5) is 0 Å². The third-order valence-electron chi connectivity index (χ3n) is 8.16. The van der Waals surface area contributed by atoms with Gasteiger partial charge in [0, 0.05) is 27.7 Å². The van der Waals surface area contributed by atoms with Gasteiger partial charge in [-0.15, -0.1) is 11.3 Å². The summed E-state index contributed by atoms with van der Waals surface area (Å²) in [7, 11) is 0. The predicted molar refractivity (Wildman–Crippen MR) is 144 cm³/mol. The molecule has 1 saturated carbocycles. The Kier molecular flexibility index (Phi) is 5.89. The Hall–Kier alpha value is -2.81. The lowest BCUT2D eigenvalue weighted by molar-refractivity contribution is -0.143. The lowest BCUT2D eigenvalue weighted by atomic mass is 9.95. The number of nitrogens with one attached hydrogen (secondary N) is 2. The molecule has 3 amide bonds. The second kappa shape index (κ2) is 8.89. The number of benzene rings is 1. The molecule has 4 heterocycles. The fraction of sp³-hybridized carbons (Fsp3) is 0.429. The number of carbonyl (C=O) groups excluding carboxylic acids is 3. The Morgan fingerprint density at radius 3 is 2.57 bits per heavy atom. The van der Waals surface area contributed by atoms with Crippen molar-refractivity contribution in [3.05, 3.63) is 51.5 Å². The molecule has 2 N–H and O–H groups in total. The van der Waals surface area contributed by atoms with Crippen molar-refractivity contribution in [1.82, 2.24) is 20.5 Å². The molecule has 1 aliphatic carbocycles. The molecule has 3 fully saturated rings. The number of likely N-dealkylation sites (tertiary alicyclic amines) is 1. The maximum Gasteiger partial charge on any atom is 0.252 e. The van der Waals surface area contributed by atoms with E-state index in [4.69, 9.17) is 11.6 Å². The van der Waals surface area contributed by atoms with E-state index in [0.717, 1.165) is 57.7 Å². The second-order valence-electron chi connectivity index (χ2n) is 11.0. The summed E-state index contributed by atoms with van der Waals surface area (Å²) in [6, 6.07) is 7.63. The Bertz CT molecular complexity index is 1440. The van der Waals surface area contributed by atoms with E-state index in [1.54, 1.807) is 6.20 Å². The second-order valence-corrected chi connectivity index (χ2v) is 12.5. The molecule has 37 heavy (non-hydrogen) atoms. The molecule has 2 aromatic heterocycles. The van der Waals surface area contributed by atoms with Crippen LogP contribution in [0.5, 0.6) is 0 Å². The van der Waals surface area contributed by atoms with Gasteiger partial charge in [-0.2, -0.15) is 0 Å². The molecule has 2 aliphatic heterocycles. The highest BCUT2D eigenvalue weighted by atomic mass is 35.5. The summed E-state index contributed by atoms with van der Waals surface area (Å²) in [5, 5.41) is 7.10. The number of rotatable bonds is 5. The number of hydrogen-bond acceptors (Lipinski definition) is 6. The normalized spacial score (nSPS) is 23.0. The number of halogens is 1. The van der Waals surface area contributed by atoms with Crippen LogP contribution in [-0.4, -0.2) is 46.7 Å². The molecule has 0 bridgehead atoms. The van der Waals surface area contributed by atoms with Crippen LogP contribution < -0.4 is 10.6 Å². The van der Waals surface area contributed by atoms with E-state index >= 15 is 0 Å². The summed E-state index contributed by atoms with van der Waals surface area (Å²) in [6.07, 6.45) is 3.52. The van der Waals surface area contributed by atoms with E-state index in [1.165, 1.54) is 16.2 Å². The van der Waals surface area contributed by atoms with Gasteiger partial charge < -0.3 is 10.6 Å². The molecule has 1 aromatic carbocycles. The third kappa shape index (κ3) is 4.06. The van der Waals surface area contributed by atoms with Gasteiger partial charge in [-0.05, 0) is 73.7 Å². The quantitative estimate of drug-likeness (QED) is 0.467. The summed E-state index contributed by atoms with van der Waals surface area (Å²) in [5.41, 5.74) is 3.58. The molecule has 0 spiro atoms. The Labute approximate surface area is 224 Å². The van der Waals surface area contributed by atoms with Crippen molar-refractivity contribution >= 4 is 50.9 Å². The van der Waals surface area contributed by atoms with Crippen molar-refractivity contribution in [1.29, 1.82) is 0 Å². The van der Waals surface area contributed by atoms with Crippen molar-refractivity contribution in [3.8, 4) is 11.1 Å². The van der Waals surface area contributed by atoms with Gasteiger partial charge in [0.1, 0.15) is 0 Å². The zero-order chi connectivity index (χ0) is 26.1. The van der Waals surface area contributed by atoms with Crippen LogP contribution in [0.1, 0.15) is 47.5 Å². The van der Waals surface area contributed by atoms with Gasteiger partial charge in [-0.3, -0.25) is 24.3 Å². The number of amides is 3. The van der Waals surface area contributed by atoms with Crippen LogP contribution >= 0.6 is 22.9 Å². The zero-order valence-corrected chi connectivity index (χ0v) is 22.6. The number of nitrogens with zero attached hydrogens (tertiary/aromatic N) is 2. The molecular weight excluding hydrogens is 508 g/mol. The summed E-state index contributed by atoms with van der Waals surface area (Å²) >= 11 is 7.98. The van der Waals surface area contributed by atoms with Gasteiger partial charge in [0.2, 0.25) is 11.8 Å². The highest BCUT2D eigenvalue weighted by molar-refractivity contribution is 7.19. The largest absolute Gasteiger partial charge is 0.349 e. The zero-order valence-electron chi connectivity index (χ0n) is 21.1. The minimum atomic E-state index is -0.227. The monoisotopic (exact) mass is 536 g/mol.